The first-order valence-corrected chi connectivity index (χ1v) is 14.8. The fourth-order valence-corrected chi connectivity index (χ4v) is 4.78. The summed E-state index contributed by atoms with van der Waals surface area (Å²) >= 11 is 0. The summed E-state index contributed by atoms with van der Waals surface area (Å²) in [5, 5.41) is 0.546. The fourth-order valence-electron chi connectivity index (χ4n) is 4.78. The van der Waals surface area contributed by atoms with Crippen LogP contribution < -0.4 is 0 Å². The van der Waals surface area contributed by atoms with Crippen molar-refractivity contribution in [3.63, 3.8) is 0 Å². The third-order valence-electron chi connectivity index (χ3n) is 7.19. The van der Waals surface area contributed by atoms with Crippen LogP contribution in [0.1, 0.15) is 131 Å². The Morgan fingerprint density at radius 1 is 0.800 bits per heavy atom. The Morgan fingerprint density at radius 3 is 1.88 bits per heavy atom. The lowest BCUT2D eigenvalue weighted by atomic mass is 10.0. The van der Waals surface area contributed by atoms with E-state index >= 15 is 0 Å². The number of amides is 3. The van der Waals surface area contributed by atoms with Crippen molar-refractivity contribution in [3.8, 4) is 0 Å². The number of carbonyl (C=O) groups is 5. The molecule has 2 rings (SSSR count). The number of carbonyl (C=O) groups excluding carboxylic acids is 5. The number of unbranched alkanes of at least 4 members (excludes halogenated alkanes) is 7. The zero-order valence-electron chi connectivity index (χ0n) is 25.5. The van der Waals surface area contributed by atoms with Crippen LogP contribution in [-0.2, 0) is 38.3 Å². The number of hydroxylamine groups is 2. The fraction of sp³-hybridized carbons (Fsp3) is 0.833. The van der Waals surface area contributed by atoms with Crippen molar-refractivity contribution in [1.82, 2.24) is 9.96 Å². The zero-order chi connectivity index (χ0) is 30.0. The van der Waals surface area contributed by atoms with Gasteiger partial charge in [-0.1, -0.05) is 38.5 Å². The first-order valence-electron chi connectivity index (χ1n) is 14.8. The molecule has 2 heterocycles. The Bertz CT molecular complexity index is 894. The van der Waals surface area contributed by atoms with E-state index in [9.17, 15) is 24.0 Å². The molecule has 0 aliphatic carbocycles. The van der Waals surface area contributed by atoms with Gasteiger partial charge >= 0.3 is 11.9 Å². The molecule has 2 saturated heterocycles. The lowest BCUT2D eigenvalue weighted by molar-refractivity contribution is -0.200. The molecular weight excluding hydrogens is 516 g/mol. The quantitative estimate of drug-likeness (QED) is 0.0983. The van der Waals surface area contributed by atoms with Crippen LogP contribution in [0.2, 0.25) is 0 Å². The molecule has 40 heavy (non-hydrogen) atoms. The third-order valence-corrected chi connectivity index (χ3v) is 7.19. The maximum absolute atomic E-state index is 12.6. The van der Waals surface area contributed by atoms with E-state index in [1.54, 1.807) is 13.8 Å². The molecule has 0 bridgehead atoms. The summed E-state index contributed by atoms with van der Waals surface area (Å²) < 4.78 is 11.2. The number of esters is 1. The van der Waals surface area contributed by atoms with E-state index in [0.717, 1.165) is 51.4 Å². The molecule has 3 amide bonds. The minimum atomic E-state index is -0.832. The van der Waals surface area contributed by atoms with Crippen LogP contribution in [0.4, 0.5) is 0 Å². The van der Waals surface area contributed by atoms with Crippen LogP contribution >= 0.6 is 0 Å². The predicted octanol–water partition coefficient (Wildman–Crippen LogP) is 5.01. The Morgan fingerprint density at radius 2 is 1.32 bits per heavy atom. The van der Waals surface area contributed by atoms with Crippen molar-refractivity contribution in [3.05, 3.63) is 0 Å². The van der Waals surface area contributed by atoms with Gasteiger partial charge in [0.05, 0.1) is 17.6 Å². The summed E-state index contributed by atoms with van der Waals surface area (Å²) in [6.45, 7) is 12.3. The number of nitrogens with zero attached hydrogens (tertiary/aromatic N) is 2. The normalized spacial score (nSPS) is 19.2. The van der Waals surface area contributed by atoms with E-state index in [1.807, 2.05) is 32.6 Å². The van der Waals surface area contributed by atoms with Gasteiger partial charge in [-0.15, -0.1) is 5.06 Å². The second-order valence-corrected chi connectivity index (χ2v) is 13.0. The topological polar surface area (TPSA) is 119 Å². The molecule has 228 valence electrons. The smallest absolute Gasteiger partial charge is 0.336 e. The van der Waals surface area contributed by atoms with Crippen LogP contribution in [0.15, 0.2) is 0 Å². The van der Waals surface area contributed by atoms with Gasteiger partial charge < -0.3 is 19.2 Å². The van der Waals surface area contributed by atoms with E-state index in [4.69, 9.17) is 14.3 Å². The van der Waals surface area contributed by atoms with Crippen molar-refractivity contribution >= 4 is 29.7 Å². The van der Waals surface area contributed by atoms with Gasteiger partial charge in [0.1, 0.15) is 5.60 Å². The summed E-state index contributed by atoms with van der Waals surface area (Å²) in [7, 11) is 0. The number of rotatable bonds is 18. The standard InChI is InChI=1S/C30H50N2O8/c1-28(2,3)39-26(36)16-14-12-10-8-7-9-11-13-15-23(33)31-22-30(31,6)19-20-38-29(4,5)21-27(37)40-32-24(34)17-18-25(32)35/h7-22H2,1-6H3. The summed E-state index contributed by atoms with van der Waals surface area (Å²) in [6.07, 6.45) is 10.1. The molecule has 0 radical (unpaired) electrons. The van der Waals surface area contributed by atoms with Gasteiger partial charge in [0.15, 0.2) is 0 Å². The maximum Gasteiger partial charge on any atom is 0.336 e. The van der Waals surface area contributed by atoms with E-state index in [-0.39, 0.29) is 36.7 Å². The Kier molecular flexibility index (Phi) is 12.6. The lowest BCUT2D eigenvalue weighted by Crippen LogP contribution is -2.36. The molecule has 10 heteroatoms. The number of hydrogen-bond acceptors (Lipinski definition) is 8. The molecule has 0 aromatic carbocycles. The van der Waals surface area contributed by atoms with E-state index in [1.165, 1.54) is 0 Å². The summed E-state index contributed by atoms with van der Waals surface area (Å²) in [4.78, 5) is 66.6. The summed E-state index contributed by atoms with van der Waals surface area (Å²) in [5.74, 6) is -1.65. The third kappa shape index (κ3) is 12.4. The van der Waals surface area contributed by atoms with Crippen molar-refractivity contribution < 1.29 is 38.3 Å². The van der Waals surface area contributed by atoms with Crippen molar-refractivity contribution in [2.24, 2.45) is 0 Å². The molecular formula is C30H50N2O8. The molecule has 2 fully saturated rings. The minimum absolute atomic E-state index is 0.0553. The highest BCUT2D eigenvalue weighted by atomic mass is 16.7. The second-order valence-electron chi connectivity index (χ2n) is 13.0. The van der Waals surface area contributed by atoms with Crippen molar-refractivity contribution in [2.75, 3.05) is 13.2 Å². The van der Waals surface area contributed by atoms with E-state index < -0.39 is 29.0 Å². The lowest BCUT2D eigenvalue weighted by Gasteiger charge is -2.26. The average Bonchev–Trinajstić information content (AvgIpc) is 3.41. The first-order chi connectivity index (χ1) is 18.6. The van der Waals surface area contributed by atoms with Gasteiger partial charge in [0.25, 0.3) is 11.8 Å². The molecule has 1 unspecified atom stereocenters. The van der Waals surface area contributed by atoms with E-state index in [2.05, 4.69) is 0 Å². The predicted molar refractivity (Wildman–Crippen MR) is 149 cm³/mol. The Balaban J connectivity index is 1.49. The molecule has 0 aromatic heterocycles. The van der Waals surface area contributed by atoms with Crippen LogP contribution in [0.3, 0.4) is 0 Å². The van der Waals surface area contributed by atoms with Crippen molar-refractivity contribution in [2.45, 2.75) is 148 Å². The molecule has 2 aliphatic rings. The number of ether oxygens (including phenoxy) is 2. The number of imide groups is 1. The summed E-state index contributed by atoms with van der Waals surface area (Å²) in [5.41, 5.74) is -1.47. The molecule has 0 saturated carbocycles. The van der Waals surface area contributed by atoms with Gasteiger partial charge in [0, 0.05) is 38.8 Å². The Labute approximate surface area is 239 Å². The van der Waals surface area contributed by atoms with Gasteiger partial charge in [-0.25, -0.2) is 4.79 Å². The highest BCUT2D eigenvalue weighted by molar-refractivity contribution is 6.01. The Hall–Kier alpha value is -2.49. The van der Waals surface area contributed by atoms with Crippen LogP contribution in [0, 0.1) is 0 Å². The van der Waals surface area contributed by atoms with Gasteiger partial charge in [-0.2, -0.15) is 0 Å². The highest BCUT2D eigenvalue weighted by Crippen LogP contribution is 2.36. The summed E-state index contributed by atoms with van der Waals surface area (Å²) in [6, 6.07) is 0. The average molecular weight is 567 g/mol. The van der Waals surface area contributed by atoms with Crippen molar-refractivity contribution in [1.29, 1.82) is 0 Å². The van der Waals surface area contributed by atoms with Crippen LogP contribution in [0.25, 0.3) is 0 Å². The molecule has 10 nitrogen and oxygen atoms in total. The maximum atomic E-state index is 12.6. The molecule has 0 spiro atoms. The molecule has 0 aromatic rings. The van der Waals surface area contributed by atoms with Gasteiger partial charge in [0.2, 0.25) is 5.91 Å². The molecule has 2 aliphatic heterocycles. The first kappa shape index (κ1) is 33.7. The zero-order valence-corrected chi connectivity index (χ0v) is 25.5. The van der Waals surface area contributed by atoms with E-state index in [0.29, 0.717) is 37.5 Å². The monoisotopic (exact) mass is 566 g/mol. The van der Waals surface area contributed by atoms with Gasteiger partial charge in [-0.05, 0) is 60.8 Å². The number of hydrogen-bond donors (Lipinski definition) is 0. The van der Waals surface area contributed by atoms with Crippen LogP contribution in [0.5, 0.6) is 0 Å². The van der Waals surface area contributed by atoms with Crippen LogP contribution in [-0.4, -0.2) is 69.5 Å². The molecule has 1 atom stereocenters. The van der Waals surface area contributed by atoms with Gasteiger partial charge in [-0.3, -0.25) is 19.2 Å². The SMILES string of the molecule is CC(C)(C)OC(=O)CCCCCCCCCCC(=O)N1CC1(C)CCOC(C)(C)CC(=O)ON1C(=O)CCC1=O. The largest absolute Gasteiger partial charge is 0.460 e. The highest BCUT2D eigenvalue weighted by Gasteiger charge is 2.50. The second kappa shape index (κ2) is 14.9. The molecule has 0 N–H and O–H groups in total. The minimum Gasteiger partial charge on any atom is -0.460 e.